The molecule has 0 bridgehead atoms. The molecule has 0 aromatic rings. The van der Waals surface area contributed by atoms with E-state index in [9.17, 15) is 14.7 Å². The van der Waals surface area contributed by atoms with Crippen molar-refractivity contribution in [1.29, 1.82) is 0 Å². The summed E-state index contributed by atoms with van der Waals surface area (Å²) < 4.78 is 5.51. The summed E-state index contributed by atoms with van der Waals surface area (Å²) in [5, 5.41) is 11.4. The molecule has 28 heavy (non-hydrogen) atoms. The molecule has 154 valence electrons. The molecule has 4 aliphatic rings. The number of esters is 1. The van der Waals surface area contributed by atoms with Crippen molar-refractivity contribution in [2.24, 2.45) is 28.6 Å². The zero-order valence-electron chi connectivity index (χ0n) is 17.7. The Balaban J connectivity index is 1.65. The first-order chi connectivity index (χ1) is 13.0. The Morgan fingerprint density at radius 1 is 1.14 bits per heavy atom. The van der Waals surface area contributed by atoms with E-state index in [4.69, 9.17) is 4.74 Å². The first-order valence-electron chi connectivity index (χ1n) is 10.8. The zero-order chi connectivity index (χ0) is 20.5. The molecule has 0 unspecified atom stereocenters. The van der Waals surface area contributed by atoms with Crippen LogP contribution in [0.1, 0.15) is 72.6 Å². The number of ketones is 1. The van der Waals surface area contributed by atoms with Gasteiger partial charge in [-0.15, -0.1) is 0 Å². The van der Waals surface area contributed by atoms with Crippen LogP contribution in [-0.4, -0.2) is 28.6 Å². The van der Waals surface area contributed by atoms with Gasteiger partial charge in [-0.25, -0.2) is 0 Å². The lowest BCUT2D eigenvalue weighted by molar-refractivity contribution is -0.155. The average Bonchev–Trinajstić information content (AvgIpc) is 2.83. The normalized spacial score (nSPS) is 47.5. The molecule has 4 aliphatic carbocycles. The number of rotatable bonds is 2. The van der Waals surface area contributed by atoms with Gasteiger partial charge in [-0.1, -0.05) is 32.1 Å². The number of hydrogen-bond acceptors (Lipinski definition) is 4. The van der Waals surface area contributed by atoms with Crippen molar-refractivity contribution in [1.82, 2.24) is 0 Å². The molecular weight excluding hydrogens is 352 g/mol. The van der Waals surface area contributed by atoms with Gasteiger partial charge >= 0.3 is 5.97 Å². The quantitative estimate of drug-likeness (QED) is 0.565. The van der Waals surface area contributed by atoms with Crippen LogP contribution in [-0.2, 0) is 14.3 Å². The van der Waals surface area contributed by atoms with Gasteiger partial charge in [-0.2, -0.15) is 0 Å². The van der Waals surface area contributed by atoms with Crippen LogP contribution in [0.5, 0.6) is 0 Å². The van der Waals surface area contributed by atoms with Crippen molar-refractivity contribution in [2.45, 2.75) is 84.3 Å². The summed E-state index contributed by atoms with van der Waals surface area (Å²) in [5.74, 6) is 0.993. The number of hydrogen-bond donors (Lipinski definition) is 1. The van der Waals surface area contributed by atoms with Crippen LogP contribution in [0, 0.1) is 28.6 Å². The maximum absolute atomic E-state index is 12.4. The molecule has 0 aromatic carbocycles. The van der Waals surface area contributed by atoms with E-state index in [0.717, 1.165) is 44.9 Å². The fourth-order valence-electron chi connectivity index (χ4n) is 7.58. The molecule has 4 nitrogen and oxygen atoms in total. The predicted molar refractivity (Wildman–Crippen MR) is 107 cm³/mol. The minimum atomic E-state index is -1.37. The largest absolute Gasteiger partial charge is 0.462 e. The van der Waals surface area contributed by atoms with Crippen LogP contribution in [0.4, 0.5) is 0 Å². The third-order valence-electron chi connectivity index (χ3n) is 9.09. The third kappa shape index (κ3) is 2.46. The SMILES string of the molecule is C=C1C[C@@H]2[C@H]3CC=C4C[C@@H](OC(C)=O)CC[C@]4(C)[C@H]3CC[C@]2(C)[C@@]1(O)C(C)=O. The first kappa shape index (κ1) is 19.9. The molecule has 3 saturated carbocycles. The summed E-state index contributed by atoms with van der Waals surface area (Å²) in [5.41, 5.74) is 0.521. The molecule has 0 amide bonds. The van der Waals surface area contributed by atoms with E-state index in [-0.39, 0.29) is 23.3 Å². The van der Waals surface area contributed by atoms with E-state index in [1.807, 2.05) is 0 Å². The van der Waals surface area contributed by atoms with Crippen molar-refractivity contribution in [3.05, 3.63) is 23.8 Å². The van der Waals surface area contributed by atoms with Gasteiger partial charge in [0.1, 0.15) is 11.7 Å². The number of carbonyl (C=O) groups is 2. The van der Waals surface area contributed by atoms with E-state index >= 15 is 0 Å². The second kappa shape index (κ2) is 6.29. The molecule has 0 spiro atoms. The van der Waals surface area contributed by atoms with Crippen LogP contribution in [0.25, 0.3) is 0 Å². The Morgan fingerprint density at radius 2 is 1.86 bits per heavy atom. The van der Waals surface area contributed by atoms with Gasteiger partial charge in [0, 0.05) is 18.8 Å². The fraction of sp³-hybridized carbons (Fsp3) is 0.750. The summed E-state index contributed by atoms with van der Waals surface area (Å²) in [6.45, 7) is 11.7. The molecule has 1 N–H and O–H groups in total. The van der Waals surface area contributed by atoms with Crippen molar-refractivity contribution in [3.63, 3.8) is 0 Å². The number of ether oxygens (including phenoxy) is 1. The Bertz CT molecular complexity index is 767. The molecule has 4 heteroatoms. The Morgan fingerprint density at radius 3 is 2.50 bits per heavy atom. The zero-order valence-corrected chi connectivity index (χ0v) is 17.7. The van der Waals surface area contributed by atoms with Gasteiger partial charge in [0.05, 0.1) is 0 Å². The molecule has 0 radical (unpaired) electrons. The highest BCUT2D eigenvalue weighted by atomic mass is 16.5. The van der Waals surface area contributed by atoms with E-state index < -0.39 is 11.0 Å². The number of carbonyl (C=O) groups excluding carboxylic acids is 2. The monoisotopic (exact) mass is 386 g/mol. The maximum atomic E-state index is 12.4. The lowest BCUT2D eigenvalue weighted by atomic mass is 9.46. The van der Waals surface area contributed by atoms with Crippen LogP contribution in [0.15, 0.2) is 23.8 Å². The number of aliphatic hydroxyl groups is 1. The minimum Gasteiger partial charge on any atom is -0.462 e. The van der Waals surface area contributed by atoms with Gasteiger partial charge in [0.2, 0.25) is 0 Å². The average molecular weight is 387 g/mol. The number of fused-ring (bicyclic) bond motifs is 5. The van der Waals surface area contributed by atoms with Gasteiger partial charge in [0.15, 0.2) is 5.78 Å². The second-order valence-corrected chi connectivity index (χ2v) is 10.3. The smallest absolute Gasteiger partial charge is 0.302 e. The summed E-state index contributed by atoms with van der Waals surface area (Å²) in [7, 11) is 0. The topological polar surface area (TPSA) is 63.6 Å². The highest BCUT2D eigenvalue weighted by Crippen LogP contribution is 2.68. The minimum absolute atomic E-state index is 0.0105. The summed E-state index contributed by atoms with van der Waals surface area (Å²) in [4.78, 5) is 23.8. The summed E-state index contributed by atoms with van der Waals surface area (Å²) in [6, 6.07) is 0. The fourth-order valence-corrected chi connectivity index (χ4v) is 7.58. The van der Waals surface area contributed by atoms with Crippen LogP contribution in [0.3, 0.4) is 0 Å². The Labute approximate surface area is 168 Å². The van der Waals surface area contributed by atoms with Gasteiger partial charge < -0.3 is 9.84 Å². The Kier molecular flexibility index (Phi) is 4.46. The molecule has 0 aromatic heterocycles. The highest BCUT2D eigenvalue weighted by molar-refractivity contribution is 5.90. The van der Waals surface area contributed by atoms with Crippen molar-refractivity contribution >= 4 is 11.8 Å². The third-order valence-corrected chi connectivity index (χ3v) is 9.09. The van der Waals surface area contributed by atoms with E-state index in [2.05, 4.69) is 26.5 Å². The van der Waals surface area contributed by atoms with Gasteiger partial charge in [-0.05, 0) is 74.2 Å². The van der Waals surface area contributed by atoms with Crippen LogP contribution >= 0.6 is 0 Å². The number of Topliss-reactive ketones (excluding diaryl/α,β-unsaturated/α-hetero) is 1. The Hall–Kier alpha value is -1.42. The predicted octanol–water partition coefficient (Wildman–Crippen LogP) is 4.37. The molecule has 4 rings (SSSR count). The molecule has 3 fully saturated rings. The van der Waals surface area contributed by atoms with Gasteiger partial charge in [0.25, 0.3) is 0 Å². The first-order valence-corrected chi connectivity index (χ1v) is 10.8. The van der Waals surface area contributed by atoms with Crippen LogP contribution < -0.4 is 0 Å². The van der Waals surface area contributed by atoms with Crippen molar-refractivity contribution in [3.8, 4) is 0 Å². The van der Waals surface area contributed by atoms with Crippen molar-refractivity contribution < 1.29 is 19.4 Å². The standard InChI is InChI=1S/C24H34O4/c1-14-12-21-19-7-6-17-13-18(28-16(3)26)8-10-22(17,4)20(19)9-11-23(21,5)24(14,27)15(2)25/h6,18-21,27H,1,7-13H2,2-5H3/t18-,19-,20-,21+,22-,23-,24-/m0/s1. The molecule has 7 atom stereocenters. The van der Waals surface area contributed by atoms with Crippen molar-refractivity contribution in [2.75, 3.05) is 0 Å². The molecule has 0 aliphatic heterocycles. The molecule has 0 heterocycles. The maximum Gasteiger partial charge on any atom is 0.302 e. The van der Waals surface area contributed by atoms with E-state index in [1.165, 1.54) is 19.4 Å². The van der Waals surface area contributed by atoms with E-state index in [1.54, 1.807) is 0 Å². The lowest BCUT2D eigenvalue weighted by Crippen LogP contribution is -2.57. The van der Waals surface area contributed by atoms with Gasteiger partial charge in [-0.3, -0.25) is 9.59 Å². The number of allylic oxidation sites excluding steroid dienone is 1. The summed E-state index contributed by atoms with van der Waals surface area (Å²) >= 11 is 0. The lowest BCUT2D eigenvalue weighted by Gasteiger charge is -2.58. The van der Waals surface area contributed by atoms with Crippen LogP contribution in [0.2, 0.25) is 0 Å². The molecular formula is C24H34O4. The molecule has 0 saturated heterocycles. The summed E-state index contributed by atoms with van der Waals surface area (Å²) in [6.07, 6.45) is 8.85. The second-order valence-electron chi connectivity index (χ2n) is 10.3. The highest BCUT2D eigenvalue weighted by Gasteiger charge is 2.66. The van der Waals surface area contributed by atoms with E-state index in [0.29, 0.717) is 23.3 Å².